The van der Waals surface area contributed by atoms with Crippen molar-refractivity contribution in [3.05, 3.63) is 24.3 Å². The third-order valence-corrected chi connectivity index (χ3v) is 2.07. The number of benzene rings is 1. The van der Waals surface area contributed by atoms with Crippen molar-refractivity contribution in [2.24, 2.45) is 0 Å². The molecule has 2 N–H and O–H groups in total. The zero-order valence-electron chi connectivity index (χ0n) is 9.02. The molecule has 86 valence electrons. The van der Waals surface area contributed by atoms with Crippen LogP contribution in [0.2, 0.25) is 0 Å². The number of aromatic amines is 1. The van der Waals surface area contributed by atoms with Gasteiger partial charge in [0.05, 0.1) is 12.7 Å². The van der Waals surface area contributed by atoms with Crippen molar-refractivity contribution < 1.29 is 4.74 Å². The van der Waals surface area contributed by atoms with E-state index in [1.54, 1.807) is 14.2 Å². The lowest BCUT2D eigenvalue weighted by atomic mass is 10.2. The highest BCUT2D eigenvalue weighted by Crippen LogP contribution is 2.26. The van der Waals surface area contributed by atoms with Gasteiger partial charge in [-0.1, -0.05) is 12.1 Å². The number of nitrogens with one attached hydrogen (secondary N) is 2. The monoisotopic (exact) mass is 240 g/mol. The van der Waals surface area contributed by atoms with Crippen LogP contribution >= 0.6 is 12.4 Å². The molecule has 0 atom stereocenters. The van der Waals surface area contributed by atoms with E-state index in [-0.39, 0.29) is 12.4 Å². The van der Waals surface area contributed by atoms with Crippen molar-refractivity contribution in [1.29, 1.82) is 0 Å². The van der Waals surface area contributed by atoms with Crippen LogP contribution in [0.5, 0.6) is 5.75 Å². The maximum Gasteiger partial charge on any atom is 0.242 e. The molecule has 1 aromatic carbocycles. The summed E-state index contributed by atoms with van der Waals surface area (Å²) in [5, 5.41) is 9.69. The Morgan fingerprint density at radius 2 is 2.06 bits per heavy atom. The van der Waals surface area contributed by atoms with Crippen molar-refractivity contribution in [1.82, 2.24) is 15.2 Å². The molecule has 0 unspecified atom stereocenters. The molecule has 1 heterocycles. The predicted octanol–water partition coefficient (Wildman–Crippen LogP) is 1.94. The molecule has 0 radical (unpaired) electrons. The summed E-state index contributed by atoms with van der Waals surface area (Å²) in [6.07, 6.45) is 0. The minimum atomic E-state index is 0. The van der Waals surface area contributed by atoms with E-state index in [2.05, 4.69) is 20.5 Å². The maximum atomic E-state index is 5.23. The number of nitrogens with zero attached hydrogens (tertiary/aromatic N) is 2. The van der Waals surface area contributed by atoms with Gasteiger partial charge in [0.15, 0.2) is 5.82 Å². The van der Waals surface area contributed by atoms with Gasteiger partial charge in [-0.05, 0) is 12.1 Å². The third-order valence-electron chi connectivity index (χ3n) is 2.07. The number of hydrogen-bond acceptors (Lipinski definition) is 4. The number of aromatic nitrogens is 3. The predicted molar refractivity (Wildman–Crippen MR) is 65.2 cm³/mol. The smallest absolute Gasteiger partial charge is 0.242 e. The van der Waals surface area contributed by atoms with Crippen LogP contribution in [0.25, 0.3) is 11.4 Å². The van der Waals surface area contributed by atoms with Crippen molar-refractivity contribution in [3.8, 4) is 17.1 Å². The molecule has 6 heteroatoms. The Hall–Kier alpha value is -1.75. The molecule has 16 heavy (non-hydrogen) atoms. The van der Waals surface area contributed by atoms with Gasteiger partial charge in [-0.25, -0.2) is 0 Å². The summed E-state index contributed by atoms with van der Waals surface area (Å²) in [5.74, 6) is 2.03. The Balaban J connectivity index is 0.00000128. The van der Waals surface area contributed by atoms with Crippen molar-refractivity contribution in [3.63, 3.8) is 0 Å². The van der Waals surface area contributed by atoms with Crippen LogP contribution in [0, 0.1) is 0 Å². The van der Waals surface area contributed by atoms with Gasteiger partial charge in [-0.2, -0.15) is 4.98 Å². The number of para-hydroxylation sites is 1. The van der Waals surface area contributed by atoms with Gasteiger partial charge in [-0.3, -0.25) is 5.10 Å². The molecule has 0 amide bonds. The topological polar surface area (TPSA) is 62.8 Å². The normalized spacial score (nSPS) is 9.38. The van der Waals surface area contributed by atoms with Crippen molar-refractivity contribution >= 4 is 18.4 Å². The van der Waals surface area contributed by atoms with Gasteiger partial charge in [0.1, 0.15) is 5.75 Å². The average molecular weight is 241 g/mol. The fraction of sp³-hybridized carbons (Fsp3) is 0.200. The number of anilines is 1. The van der Waals surface area contributed by atoms with Crippen molar-refractivity contribution in [2.75, 3.05) is 19.5 Å². The fourth-order valence-corrected chi connectivity index (χ4v) is 1.33. The number of halogens is 1. The largest absolute Gasteiger partial charge is 0.496 e. The molecule has 2 aromatic rings. The van der Waals surface area contributed by atoms with E-state index in [0.717, 1.165) is 11.3 Å². The minimum Gasteiger partial charge on any atom is -0.496 e. The molecule has 0 aliphatic carbocycles. The van der Waals surface area contributed by atoms with Crippen molar-refractivity contribution in [2.45, 2.75) is 0 Å². The molecular weight excluding hydrogens is 228 g/mol. The van der Waals surface area contributed by atoms with E-state index >= 15 is 0 Å². The molecule has 0 saturated carbocycles. The maximum absolute atomic E-state index is 5.23. The number of rotatable bonds is 3. The van der Waals surface area contributed by atoms with E-state index in [9.17, 15) is 0 Å². The molecule has 0 spiro atoms. The van der Waals surface area contributed by atoms with E-state index in [0.29, 0.717) is 11.8 Å². The lowest BCUT2D eigenvalue weighted by Crippen LogP contribution is -1.90. The summed E-state index contributed by atoms with van der Waals surface area (Å²) in [6.45, 7) is 0. The summed E-state index contributed by atoms with van der Waals surface area (Å²) >= 11 is 0. The van der Waals surface area contributed by atoms with Crippen LogP contribution in [0.15, 0.2) is 24.3 Å². The van der Waals surface area contributed by atoms with Gasteiger partial charge in [0, 0.05) is 7.05 Å². The molecule has 2 rings (SSSR count). The minimum absolute atomic E-state index is 0. The number of H-pyrrole nitrogens is 1. The highest BCUT2D eigenvalue weighted by atomic mass is 35.5. The van der Waals surface area contributed by atoms with E-state index < -0.39 is 0 Å². The summed E-state index contributed by atoms with van der Waals surface area (Å²) in [6, 6.07) is 7.66. The molecular formula is C10H13ClN4O. The molecule has 0 aliphatic heterocycles. The Labute approximate surface area is 99.7 Å². The summed E-state index contributed by atoms with van der Waals surface area (Å²) < 4.78 is 5.23. The van der Waals surface area contributed by atoms with E-state index in [1.165, 1.54) is 0 Å². The zero-order valence-corrected chi connectivity index (χ0v) is 9.84. The molecule has 0 bridgehead atoms. The van der Waals surface area contributed by atoms with Crippen LogP contribution < -0.4 is 10.1 Å². The van der Waals surface area contributed by atoms with E-state index in [4.69, 9.17) is 4.74 Å². The SMILES string of the molecule is CNc1n[nH]c(-c2ccccc2OC)n1.Cl. The Morgan fingerprint density at radius 3 is 2.69 bits per heavy atom. The molecule has 0 saturated heterocycles. The van der Waals surface area contributed by atoms with Gasteiger partial charge >= 0.3 is 0 Å². The Bertz CT molecular complexity index is 458. The molecule has 0 fully saturated rings. The summed E-state index contributed by atoms with van der Waals surface area (Å²) in [7, 11) is 3.41. The van der Waals surface area contributed by atoms with E-state index in [1.807, 2.05) is 24.3 Å². The quantitative estimate of drug-likeness (QED) is 0.861. The third kappa shape index (κ3) is 2.25. The average Bonchev–Trinajstić information content (AvgIpc) is 2.77. The lowest BCUT2D eigenvalue weighted by Gasteiger charge is -2.03. The Kier molecular flexibility index (Phi) is 4.13. The van der Waals surface area contributed by atoms with Crippen LogP contribution in [0.3, 0.4) is 0 Å². The number of methoxy groups -OCH3 is 1. The molecule has 5 nitrogen and oxygen atoms in total. The van der Waals surface area contributed by atoms with Crippen LogP contribution in [0.4, 0.5) is 5.95 Å². The highest BCUT2D eigenvalue weighted by molar-refractivity contribution is 5.85. The van der Waals surface area contributed by atoms with Gasteiger partial charge in [-0.15, -0.1) is 17.5 Å². The van der Waals surface area contributed by atoms with Crippen LogP contribution in [-0.4, -0.2) is 29.3 Å². The van der Waals surface area contributed by atoms with Gasteiger partial charge < -0.3 is 10.1 Å². The Morgan fingerprint density at radius 1 is 1.31 bits per heavy atom. The summed E-state index contributed by atoms with van der Waals surface area (Å²) in [5.41, 5.74) is 0.897. The molecule has 1 aromatic heterocycles. The lowest BCUT2D eigenvalue weighted by molar-refractivity contribution is 0.416. The summed E-state index contributed by atoms with van der Waals surface area (Å²) in [4.78, 5) is 4.25. The number of hydrogen-bond donors (Lipinski definition) is 2. The first-order valence-electron chi connectivity index (χ1n) is 4.58. The van der Waals surface area contributed by atoms with Crippen LogP contribution in [0.1, 0.15) is 0 Å². The standard InChI is InChI=1S/C10H12N4O.ClH/c1-11-10-12-9(13-14-10)7-5-3-4-6-8(7)15-2;/h3-6H,1-2H3,(H2,11,12,13,14);1H. The highest BCUT2D eigenvalue weighted by Gasteiger charge is 2.08. The second-order valence-corrected chi connectivity index (χ2v) is 2.96. The first kappa shape index (κ1) is 12.3. The van der Waals surface area contributed by atoms with Crippen LogP contribution in [-0.2, 0) is 0 Å². The van der Waals surface area contributed by atoms with Gasteiger partial charge in [0.25, 0.3) is 0 Å². The zero-order chi connectivity index (χ0) is 10.7. The molecule has 0 aliphatic rings. The number of ether oxygens (including phenoxy) is 1. The van der Waals surface area contributed by atoms with Gasteiger partial charge in [0.2, 0.25) is 5.95 Å². The fourth-order valence-electron chi connectivity index (χ4n) is 1.33. The second-order valence-electron chi connectivity index (χ2n) is 2.96. The second kappa shape index (κ2) is 5.37. The first-order chi connectivity index (χ1) is 7.35. The first-order valence-corrected chi connectivity index (χ1v) is 4.58.